The molecule has 3 aromatic rings. The molecule has 3 aromatic carbocycles. The monoisotopic (exact) mass is 1050 g/mol. The van der Waals surface area contributed by atoms with Crippen molar-refractivity contribution in [1.82, 2.24) is 41.7 Å². The number of carbonyl (C=O) groups excluding carboxylic acids is 8. The largest absolute Gasteiger partial charge is 0.508 e. The second kappa shape index (κ2) is 25.8. The van der Waals surface area contributed by atoms with E-state index in [1.54, 1.807) is 71.3 Å². The first-order valence-corrected chi connectivity index (χ1v) is 26.2. The predicted octanol–water partition coefficient (Wildman–Crippen LogP) is 3.69. The molecule has 0 radical (unpaired) electrons. The van der Waals surface area contributed by atoms with E-state index in [1.165, 1.54) is 28.0 Å². The molecule has 0 aliphatic carbocycles. The summed E-state index contributed by atoms with van der Waals surface area (Å²) in [6.45, 7) is 16.5. The molecule has 0 bridgehead atoms. The summed E-state index contributed by atoms with van der Waals surface area (Å²) < 4.78 is 0. The third kappa shape index (κ3) is 15.6. The van der Waals surface area contributed by atoms with Crippen molar-refractivity contribution in [2.45, 2.75) is 137 Å². The zero-order valence-electron chi connectivity index (χ0n) is 46.0. The average molecular weight is 1050 g/mol. The number of hydrogen-bond acceptors (Lipinski definition) is 13. The fraction of sp³-hybridized carbons (Fsp3) is 0.544. The van der Waals surface area contributed by atoms with Gasteiger partial charge in [0, 0.05) is 50.1 Å². The average Bonchev–Trinajstić information content (AvgIpc) is 4.00. The number of benzene rings is 3. The Labute approximate surface area is 446 Å². The summed E-state index contributed by atoms with van der Waals surface area (Å²) in [5.74, 6) is -4.61. The highest BCUT2D eigenvalue weighted by atomic mass is 16.3. The molecule has 0 aromatic heterocycles. The molecule has 2 aliphatic rings. The number of hydrogen-bond donors (Lipinski definition) is 9. The van der Waals surface area contributed by atoms with Crippen molar-refractivity contribution in [1.29, 1.82) is 0 Å². The minimum atomic E-state index is -1.02. The highest BCUT2D eigenvalue weighted by molar-refractivity contribution is 6.02. The maximum atomic E-state index is 14.6. The van der Waals surface area contributed by atoms with Crippen LogP contribution in [0, 0.1) is 29.6 Å². The number of Topliss-reactive ketones (excluding diaryl/α,β-unsaturated/α-hetero) is 2. The SMILES string of the molecule is CN[C@@H](C)C(=O)N[C@H](C(=O)N1C[C@@H](CC(=O)c2cccc(C(=O)C[C@H]3C[C@@H](C(=O)NCCc4ccc(O)c(O)c4)N(C(=O)[C@@H](NC(=O)[C@H](C)NC)C(C)(C)C)C3)c2)C[C@H]1C(=O)NCCc1ccc(C)c(O)c1)C(C)(C)C. The van der Waals surface area contributed by atoms with Crippen LogP contribution in [0.15, 0.2) is 60.7 Å². The van der Waals surface area contributed by atoms with Gasteiger partial charge in [-0.2, -0.15) is 0 Å². The van der Waals surface area contributed by atoms with Crippen molar-refractivity contribution in [2.24, 2.45) is 22.7 Å². The molecule has 8 atom stereocenters. The number of aromatic hydroxyl groups is 3. The topological polar surface area (TPSA) is 276 Å². The Morgan fingerprint density at radius 2 is 0.987 bits per heavy atom. The smallest absolute Gasteiger partial charge is 0.246 e. The molecule has 2 aliphatic heterocycles. The molecule has 6 amide bonds. The lowest BCUT2D eigenvalue weighted by Gasteiger charge is -2.36. The van der Waals surface area contributed by atoms with E-state index in [1.807, 2.05) is 47.6 Å². The molecule has 76 heavy (non-hydrogen) atoms. The van der Waals surface area contributed by atoms with E-state index < -0.39 is 94.4 Å². The Kier molecular flexibility index (Phi) is 20.4. The fourth-order valence-electron chi connectivity index (χ4n) is 9.61. The van der Waals surface area contributed by atoms with Gasteiger partial charge in [-0.25, -0.2) is 0 Å². The Balaban J connectivity index is 1.33. The molecule has 0 unspecified atom stereocenters. The van der Waals surface area contributed by atoms with Crippen LogP contribution in [0.2, 0.25) is 0 Å². The van der Waals surface area contributed by atoms with Gasteiger partial charge in [0.05, 0.1) is 12.1 Å². The maximum Gasteiger partial charge on any atom is 0.246 e. The van der Waals surface area contributed by atoms with Gasteiger partial charge in [0.25, 0.3) is 0 Å². The maximum absolute atomic E-state index is 14.6. The van der Waals surface area contributed by atoms with Crippen molar-refractivity contribution in [3.05, 3.63) is 88.5 Å². The van der Waals surface area contributed by atoms with Crippen molar-refractivity contribution >= 4 is 47.0 Å². The standard InChI is InChI=1S/C57H80N8O11/c1-32-15-16-35(25-44(32)67)19-21-60-52(73)41-23-37(30-64(41)54(75)48(56(4,5)6)62-50(71)33(2)58-10)27-45(68)39-13-12-14-40(29-39)46(69)28-38-24-42(53(74)61-22-20-36-17-18-43(66)47(70)26-36)65(31-38)55(76)49(57(7,8)9)63-51(72)34(3)59-11/h12-18,25-26,29,33-34,37-38,41-42,48-49,58-59,66-67,70H,19-24,27-28,30-31H2,1-11H3,(H,60,73)(H,61,74)(H,62,71)(H,63,72)/t33-,34-,37+,38+,41-,42-,48+,49+/m0/s1. The number of amides is 6. The Bertz CT molecular complexity index is 2450. The Morgan fingerprint density at radius 3 is 1.37 bits per heavy atom. The van der Waals surface area contributed by atoms with Gasteiger partial charge < -0.3 is 57.0 Å². The van der Waals surface area contributed by atoms with Crippen LogP contribution in [0.1, 0.15) is 118 Å². The third-order valence-electron chi connectivity index (χ3n) is 14.6. The number of likely N-dealkylation sites (N-methyl/N-ethyl adjacent to an activating group) is 2. The van der Waals surface area contributed by atoms with Crippen molar-refractivity contribution in [2.75, 3.05) is 40.3 Å². The molecule has 2 heterocycles. The molecule has 0 saturated carbocycles. The summed E-state index contributed by atoms with van der Waals surface area (Å²) in [5.41, 5.74) is 1.15. The molecule has 414 valence electrons. The molecule has 19 heteroatoms. The molecular formula is C57H80N8O11. The first-order valence-electron chi connectivity index (χ1n) is 26.2. The van der Waals surface area contributed by atoms with E-state index in [9.17, 15) is 53.7 Å². The number of nitrogens with one attached hydrogen (secondary N) is 6. The van der Waals surface area contributed by atoms with E-state index in [-0.39, 0.29) is 91.8 Å². The zero-order valence-corrected chi connectivity index (χ0v) is 46.0. The van der Waals surface area contributed by atoms with Gasteiger partial charge in [0.1, 0.15) is 29.9 Å². The van der Waals surface area contributed by atoms with Crippen molar-refractivity contribution < 1.29 is 53.7 Å². The van der Waals surface area contributed by atoms with Gasteiger partial charge >= 0.3 is 0 Å². The van der Waals surface area contributed by atoms with Gasteiger partial charge in [-0.15, -0.1) is 0 Å². The highest BCUT2D eigenvalue weighted by Gasteiger charge is 2.47. The van der Waals surface area contributed by atoms with E-state index in [2.05, 4.69) is 31.9 Å². The van der Waals surface area contributed by atoms with E-state index >= 15 is 0 Å². The van der Waals surface area contributed by atoms with Crippen LogP contribution in [0.3, 0.4) is 0 Å². The summed E-state index contributed by atoms with van der Waals surface area (Å²) in [5, 5.41) is 47.3. The summed E-state index contributed by atoms with van der Waals surface area (Å²) in [7, 11) is 3.26. The number of ketones is 2. The van der Waals surface area contributed by atoms with Crippen molar-refractivity contribution in [3.8, 4) is 17.2 Å². The molecule has 2 saturated heterocycles. The lowest BCUT2D eigenvalue weighted by molar-refractivity contribution is -0.144. The normalized spacial score (nSPS) is 19.2. The third-order valence-corrected chi connectivity index (χ3v) is 14.6. The zero-order chi connectivity index (χ0) is 56.4. The van der Waals surface area contributed by atoms with Gasteiger partial charge in [-0.3, -0.25) is 38.4 Å². The number of aryl methyl sites for hydroxylation is 1. The van der Waals surface area contributed by atoms with Crippen LogP contribution < -0.4 is 31.9 Å². The van der Waals surface area contributed by atoms with Crippen LogP contribution >= 0.6 is 0 Å². The summed E-state index contributed by atoms with van der Waals surface area (Å²) in [6, 6.07) is 10.8. The second-order valence-corrected chi connectivity index (χ2v) is 22.7. The van der Waals surface area contributed by atoms with Gasteiger partial charge in [0.2, 0.25) is 35.4 Å². The number of rotatable bonds is 22. The number of nitrogens with zero attached hydrogens (tertiary/aromatic N) is 2. The molecular weight excluding hydrogens is 973 g/mol. The van der Waals surface area contributed by atoms with Crippen LogP contribution in [-0.4, -0.2) is 149 Å². The lowest BCUT2D eigenvalue weighted by atomic mass is 9.85. The van der Waals surface area contributed by atoms with Crippen LogP contribution in [0.4, 0.5) is 0 Å². The molecule has 0 spiro atoms. The fourth-order valence-corrected chi connectivity index (χ4v) is 9.61. The summed E-state index contributed by atoms with van der Waals surface area (Å²) in [4.78, 5) is 115. The lowest BCUT2D eigenvalue weighted by Crippen LogP contribution is -2.59. The van der Waals surface area contributed by atoms with Crippen LogP contribution in [0.25, 0.3) is 0 Å². The van der Waals surface area contributed by atoms with Crippen molar-refractivity contribution in [3.63, 3.8) is 0 Å². The minimum absolute atomic E-state index is 0.0343. The van der Waals surface area contributed by atoms with Crippen LogP contribution in [-0.2, 0) is 41.6 Å². The van der Waals surface area contributed by atoms with Gasteiger partial charge in [0.15, 0.2) is 23.1 Å². The minimum Gasteiger partial charge on any atom is -0.508 e. The number of phenols is 3. The number of carbonyl (C=O) groups is 8. The first-order chi connectivity index (χ1) is 35.6. The van der Waals surface area contributed by atoms with Crippen LogP contribution in [0.5, 0.6) is 17.2 Å². The molecule has 19 nitrogen and oxygen atoms in total. The van der Waals surface area contributed by atoms with E-state index in [0.29, 0.717) is 18.4 Å². The molecule has 5 rings (SSSR count). The summed E-state index contributed by atoms with van der Waals surface area (Å²) >= 11 is 0. The second-order valence-electron chi connectivity index (χ2n) is 22.7. The van der Waals surface area contributed by atoms with Gasteiger partial charge in [-0.1, -0.05) is 77.9 Å². The quantitative estimate of drug-likeness (QED) is 0.0514. The number of phenolic OH excluding ortho intramolecular Hbond substituents is 3. The first kappa shape index (κ1) is 60.0. The van der Waals surface area contributed by atoms with Gasteiger partial charge in [-0.05, 0) is 124 Å². The molecule has 2 fully saturated rings. The predicted molar refractivity (Wildman–Crippen MR) is 287 cm³/mol. The summed E-state index contributed by atoms with van der Waals surface area (Å²) in [6.07, 6.45) is 0.891. The number of likely N-dealkylation sites (tertiary alicyclic amines) is 2. The van der Waals surface area contributed by atoms with E-state index in [4.69, 9.17) is 0 Å². The highest BCUT2D eigenvalue weighted by Crippen LogP contribution is 2.34. The molecule has 9 N–H and O–H groups in total. The Hall–Kier alpha value is -6.86. The Morgan fingerprint density at radius 1 is 0.579 bits per heavy atom. The van der Waals surface area contributed by atoms with E-state index in [0.717, 1.165) is 11.1 Å².